The molecule has 0 fully saturated rings. The Morgan fingerprint density at radius 2 is 2.27 bits per heavy atom. The SMILES string of the molecule is CC(Cl)c1nnnn1-c1cccc(Br)c1. The second-order valence-corrected chi connectivity index (χ2v) is 4.62. The molecule has 2 aromatic rings. The van der Waals surface area contributed by atoms with Crippen LogP contribution in [0.4, 0.5) is 0 Å². The molecule has 1 atom stereocenters. The third-order valence-corrected chi connectivity index (χ3v) is 2.59. The molecule has 4 nitrogen and oxygen atoms in total. The van der Waals surface area contributed by atoms with Gasteiger partial charge in [0, 0.05) is 4.47 Å². The van der Waals surface area contributed by atoms with E-state index in [-0.39, 0.29) is 5.38 Å². The van der Waals surface area contributed by atoms with E-state index in [0.29, 0.717) is 5.82 Å². The zero-order valence-electron chi connectivity index (χ0n) is 7.93. The Morgan fingerprint density at radius 3 is 2.93 bits per heavy atom. The summed E-state index contributed by atoms with van der Waals surface area (Å²) in [5.74, 6) is 0.634. The van der Waals surface area contributed by atoms with E-state index in [1.807, 2.05) is 31.2 Å². The van der Waals surface area contributed by atoms with Gasteiger partial charge in [-0.15, -0.1) is 16.7 Å². The number of tetrazole rings is 1. The number of alkyl halides is 1. The van der Waals surface area contributed by atoms with Gasteiger partial charge in [-0.2, -0.15) is 4.68 Å². The van der Waals surface area contributed by atoms with E-state index < -0.39 is 0 Å². The Kier molecular flexibility index (Phi) is 3.02. The number of aromatic nitrogens is 4. The van der Waals surface area contributed by atoms with Gasteiger partial charge in [-0.05, 0) is 35.5 Å². The maximum absolute atomic E-state index is 5.96. The van der Waals surface area contributed by atoms with Crippen LogP contribution in [0.15, 0.2) is 28.7 Å². The number of nitrogens with zero attached hydrogens (tertiary/aromatic N) is 4. The molecule has 15 heavy (non-hydrogen) atoms. The van der Waals surface area contributed by atoms with Crippen LogP contribution in [0.3, 0.4) is 0 Å². The first kappa shape index (κ1) is 10.6. The van der Waals surface area contributed by atoms with E-state index in [1.165, 1.54) is 0 Å². The first-order chi connectivity index (χ1) is 7.18. The second-order valence-electron chi connectivity index (χ2n) is 3.04. The summed E-state index contributed by atoms with van der Waals surface area (Å²) in [6.07, 6.45) is 0. The summed E-state index contributed by atoms with van der Waals surface area (Å²) in [6.45, 7) is 1.84. The van der Waals surface area contributed by atoms with Crippen molar-refractivity contribution in [2.24, 2.45) is 0 Å². The Morgan fingerprint density at radius 1 is 1.47 bits per heavy atom. The highest BCUT2D eigenvalue weighted by Gasteiger charge is 2.12. The van der Waals surface area contributed by atoms with Crippen LogP contribution in [0.1, 0.15) is 18.1 Å². The van der Waals surface area contributed by atoms with Crippen molar-refractivity contribution in [1.82, 2.24) is 20.2 Å². The van der Waals surface area contributed by atoms with Crippen LogP contribution < -0.4 is 0 Å². The number of benzene rings is 1. The van der Waals surface area contributed by atoms with Crippen LogP contribution in [-0.2, 0) is 0 Å². The van der Waals surface area contributed by atoms with Crippen LogP contribution >= 0.6 is 27.5 Å². The first-order valence-corrected chi connectivity index (χ1v) is 5.59. The Labute approximate surface area is 100 Å². The topological polar surface area (TPSA) is 43.6 Å². The number of hydrogen-bond donors (Lipinski definition) is 0. The minimum absolute atomic E-state index is 0.223. The molecular formula is C9H8BrClN4. The van der Waals surface area contributed by atoms with Crippen LogP contribution in [0.2, 0.25) is 0 Å². The minimum atomic E-state index is -0.223. The largest absolute Gasteiger partial charge is 0.196 e. The number of hydrogen-bond acceptors (Lipinski definition) is 3. The predicted molar refractivity (Wildman–Crippen MR) is 61.1 cm³/mol. The molecule has 0 aliphatic carbocycles. The van der Waals surface area contributed by atoms with Gasteiger partial charge in [-0.1, -0.05) is 22.0 Å². The standard InChI is InChI=1S/C9H8BrClN4/c1-6(11)9-12-13-14-15(9)8-4-2-3-7(10)5-8/h2-6H,1H3. The Bertz CT molecular complexity index is 469. The van der Waals surface area contributed by atoms with Crippen LogP contribution in [0.25, 0.3) is 5.69 Å². The lowest BCUT2D eigenvalue weighted by Crippen LogP contribution is -2.03. The lowest BCUT2D eigenvalue weighted by molar-refractivity contribution is 0.760. The molecule has 0 saturated carbocycles. The fraction of sp³-hybridized carbons (Fsp3) is 0.222. The van der Waals surface area contributed by atoms with Gasteiger partial charge < -0.3 is 0 Å². The highest BCUT2D eigenvalue weighted by molar-refractivity contribution is 9.10. The summed E-state index contributed by atoms with van der Waals surface area (Å²) in [4.78, 5) is 0. The third kappa shape index (κ3) is 2.18. The number of halogens is 2. The molecule has 0 aliphatic heterocycles. The van der Waals surface area contributed by atoms with Crippen molar-refractivity contribution in [3.05, 3.63) is 34.6 Å². The van der Waals surface area contributed by atoms with E-state index >= 15 is 0 Å². The van der Waals surface area contributed by atoms with Gasteiger partial charge >= 0.3 is 0 Å². The van der Waals surface area contributed by atoms with Gasteiger partial charge in [-0.3, -0.25) is 0 Å². The summed E-state index contributed by atoms with van der Waals surface area (Å²) in [6, 6.07) is 7.71. The summed E-state index contributed by atoms with van der Waals surface area (Å²) in [5.41, 5.74) is 0.886. The summed E-state index contributed by atoms with van der Waals surface area (Å²) in [5, 5.41) is 11.2. The molecule has 0 radical (unpaired) electrons. The van der Waals surface area contributed by atoms with Gasteiger partial charge in [0.05, 0.1) is 11.1 Å². The molecule has 0 N–H and O–H groups in total. The van der Waals surface area contributed by atoms with Crippen molar-refractivity contribution in [2.45, 2.75) is 12.3 Å². The van der Waals surface area contributed by atoms with Crippen molar-refractivity contribution in [3.8, 4) is 5.69 Å². The third-order valence-electron chi connectivity index (χ3n) is 1.90. The van der Waals surface area contributed by atoms with E-state index in [9.17, 15) is 0 Å². The smallest absolute Gasteiger partial charge is 0.174 e. The van der Waals surface area contributed by atoms with Crippen LogP contribution in [-0.4, -0.2) is 20.2 Å². The van der Waals surface area contributed by atoms with Gasteiger partial charge in [0.2, 0.25) is 0 Å². The molecule has 2 rings (SSSR count). The van der Waals surface area contributed by atoms with Crippen LogP contribution in [0, 0.1) is 0 Å². The quantitative estimate of drug-likeness (QED) is 0.798. The van der Waals surface area contributed by atoms with Crippen molar-refractivity contribution < 1.29 is 0 Å². The molecule has 0 bridgehead atoms. The van der Waals surface area contributed by atoms with Crippen molar-refractivity contribution >= 4 is 27.5 Å². The highest BCUT2D eigenvalue weighted by Crippen LogP contribution is 2.20. The lowest BCUT2D eigenvalue weighted by atomic mass is 10.3. The Balaban J connectivity index is 2.49. The zero-order valence-corrected chi connectivity index (χ0v) is 10.3. The first-order valence-electron chi connectivity index (χ1n) is 4.37. The highest BCUT2D eigenvalue weighted by atomic mass is 79.9. The van der Waals surface area contributed by atoms with Crippen LogP contribution in [0.5, 0.6) is 0 Å². The predicted octanol–water partition coefficient (Wildman–Crippen LogP) is 2.72. The average Bonchev–Trinajstić information content (AvgIpc) is 2.65. The molecule has 1 aromatic carbocycles. The van der Waals surface area contributed by atoms with E-state index in [0.717, 1.165) is 10.2 Å². The normalized spacial score (nSPS) is 12.7. The molecule has 0 spiro atoms. The summed E-state index contributed by atoms with van der Waals surface area (Å²) in [7, 11) is 0. The molecule has 6 heteroatoms. The molecule has 0 amide bonds. The van der Waals surface area contributed by atoms with Crippen molar-refractivity contribution in [2.75, 3.05) is 0 Å². The maximum atomic E-state index is 5.96. The molecular weight excluding hydrogens is 279 g/mol. The fourth-order valence-electron chi connectivity index (χ4n) is 1.23. The van der Waals surface area contributed by atoms with E-state index in [4.69, 9.17) is 11.6 Å². The molecule has 0 aliphatic rings. The lowest BCUT2D eigenvalue weighted by Gasteiger charge is -2.05. The molecule has 1 unspecified atom stereocenters. The second kappa shape index (κ2) is 4.28. The van der Waals surface area contributed by atoms with Gasteiger partial charge in [0.1, 0.15) is 0 Å². The summed E-state index contributed by atoms with van der Waals surface area (Å²) < 4.78 is 2.60. The monoisotopic (exact) mass is 286 g/mol. The minimum Gasteiger partial charge on any atom is -0.196 e. The fourth-order valence-corrected chi connectivity index (χ4v) is 1.76. The summed E-state index contributed by atoms with van der Waals surface area (Å²) >= 11 is 9.36. The average molecular weight is 288 g/mol. The molecule has 0 saturated heterocycles. The van der Waals surface area contributed by atoms with Gasteiger partial charge in [-0.25, -0.2) is 0 Å². The van der Waals surface area contributed by atoms with E-state index in [2.05, 4.69) is 31.5 Å². The van der Waals surface area contributed by atoms with Gasteiger partial charge in [0.15, 0.2) is 5.82 Å². The van der Waals surface area contributed by atoms with Gasteiger partial charge in [0.25, 0.3) is 0 Å². The molecule has 78 valence electrons. The molecule has 1 aromatic heterocycles. The maximum Gasteiger partial charge on any atom is 0.174 e. The number of rotatable bonds is 2. The Hall–Kier alpha value is -0.940. The zero-order chi connectivity index (χ0) is 10.8. The van der Waals surface area contributed by atoms with Crippen molar-refractivity contribution in [1.29, 1.82) is 0 Å². The molecule has 1 heterocycles. The van der Waals surface area contributed by atoms with E-state index in [1.54, 1.807) is 4.68 Å². The van der Waals surface area contributed by atoms with Crippen molar-refractivity contribution in [3.63, 3.8) is 0 Å².